The minimum absolute atomic E-state index is 0.429. The first-order chi connectivity index (χ1) is 8.66. The lowest BCUT2D eigenvalue weighted by Gasteiger charge is -2.01. The number of rotatable bonds is 10. The second-order valence-corrected chi connectivity index (χ2v) is 3.99. The Balaban J connectivity index is 3.45. The van der Waals surface area contributed by atoms with Crippen LogP contribution in [0.4, 0.5) is 0 Å². The maximum absolute atomic E-state index is 11.1. The summed E-state index contributed by atoms with van der Waals surface area (Å²) in [5, 5.41) is 8.30. The maximum atomic E-state index is 11.1. The van der Waals surface area contributed by atoms with Crippen molar-refractivity contribution in [2.24, 2.45) is 0 Å². The van der Waals surface area contributed by atoms with Crippen molar-refractivity contribution in [1.82, 2.24) is 0 Å². The molecule has 0 aromatic carbocycles. The van der Waals surface area contributed by atoms with Crippen molar-refractivity contribution >= 4 is 11.9 Å². The third-order valence-electron chi connectivity index (χ3n) is 2.32. The second-order valence-electron chi connectivity index (χ2n) is 3.99. The lowest BCUT2D eigenvalue weighted by Crippen LogP contribution is -2.02. The number of ether oxygens (including phenoxy) is 1. The predicted octanol–water partition coefficient (Wildman–Crippen LogP) is 3.09. The third kappa shape index (κ3) is 12.5. The molecule has 0 rings (SSSR count). The van der Waals surface area contributed by atoms with Gasteiger partial charge in [-0.15, -0.1) is 0 Å². The number of esters is 1. The van der Waals surface area contributed by atoms with Crippen LogP contribution >= 0.6 is 0 Å². The molecule has 0 heterocycles. The molecule has 18 heavy (non-hydrogen) atoms. The number of carbonyl (C=O) groups excluding carboxylic acids is 1. The molecule has 102 valence electrons. The largest absolute Gasteiger partial charge is 0.478 e. The summed E-state index contributed by atoms with van der Waals surface area (Å²) in [5.74, 6) is -1.47. The fraction of sp³-hybridized carbons (Fsp3) is 0.571. The summed E-state index contributed by atoms with van der Waals surface area (Å²) in [5.41, 5.74) is 0. The van der Waals surface area contributed by atoms with Gasteiger partial charge < -0.3 is 9.84 Å². The Morgan fingerprint density at radius 1 is 1.00 bits per heavy atom. The molecule has 0 unspecified atom stereocenters. The van der Waals surface area contributed by atoms with Crippen LogP contribution in [0, 0.1) is 0 Å². The molecule has 0 bridgehead atoms. The molecule has 0 fully saturated rings. The van der Waals surface area contributed by atoms with E-state index < -0.39 is 11.9 Å². The van der Waals surface area contributed by atoms with E-state index in [0.29, 0.717) is 6.61 Å². The molecule has 4 nitrogen and oxygen atoms in total. The molecule has 0 amide bonds. The second kappa shape index (κ2) is 11.9. The lowest BCUT2D eigenvalue weighted by atomic mass is 10.1. The number of carboxylic acids is 1. The van der Waals surface area contributed by atoms with Crippen LogP contribution in [0.3, 0.4) is 0 Å². The van der Waals surface area contributed by atoms with Crippen molar-refractivity contribution < 1.29 is 19.4 Å². The zero-order valence-electron chi connectivity index (χ0n) is 10.9. The van der Waals surface area contributed by atoms with E-state index in [1.54, 1.807) is 0 Å². The monoisotopic (exact) mass is 254 g/mol. The number of hydrogen-bond donors (Lipinski definition) is 1. The summed E-state index contributed by atoms with van der Waals surface area (Å²) < 4.78 is 4.95. The molecule has 0 aromatic heterocycles. The normalized spacial score (nSPS) is 11.2. The van der Waals surface area contributed by atoms with Crippen molar-refractivity contribution in [2.75, 3.05) is 6.61 Å². The number of allylic oxidation sites excluding steroid dienone is 2. The highest BCUT2D eigenvalue weighted by Gasteiger charge is 1.96. The van der Waals surface area contributed by atoms with Gasteiger partial charge in [0.15, 0.2) is 0 Å². The van der Waals surface area contributed by atoms with E-state index in [1.165, 1.54) is 43.9 Å². The van der Waals surface area contributed by atoms with Gasteiger partial charge in [0.2, 0.25) is 0 Å². The summed E-state index contributed by atoms with van der Waals surface area (Å²) in [6, 6.07) is 0. The van der Waals surface area contributed by atoms with Gasteiger partial charge in [0.25, 0.3) is 0 Å². The first-order valence-corrected chi connectivity index (χ1v) is 6.41. The molecule has 0 aromatic rings. The quantitative estimate of drug-likeness (QED) is 0.281. The summed E-state index contributed by atoms with van der Waals surface area (Å²) in [7, 11) is 0. The molecule has 0 spiro atoms. The molecular weight excluding hydrogens is 232 g/mol. The van der Waals surface area contributed by atoms with E-state index in [1.807, 2.05) is 0 Å². The van der Waals surface area contributed by atoms with Gasteiger partial charge in [0.05, 0.1) is 6.61 Å². The van der Waals surface area contributed by atoms with Crippen LogP contribution in [0.25, 0.3) is 0 Å². The highest BCUT2D eigenvalue weighted by molar-refractivity contribution is 5.83. The Morgan fingerprint density at radius 2 is 1.61 bits per heavy atom. The van der Waals surface area contributed by atoms with E-state index >= 15 is 0 Å². The smallest absolute Gasteiger partial charge is 0.330 e. The zero-order chi connectivity index (χ0) is 13.6. The van der Waals surface area contributed by atoms with E-state index in [-0.39, 0.29) is 0 Å². The first-order valence-electron chi connectivity index (χ1n) is 6.41. The fourth-order valence-electron chi connectivity index (χ4n) is 1.38. The summed E-state index contributed by atoms with van der Waals surface area (Å²) in [6.45, 7) is 2.60. The summed E-state index contributed by atoms with van der Waals surface area (Å²) in [4.78, 5) is 21.3. The standard InChI is InChI=1S/C14H22O4/c1-2-3-4-5-6-9-12-18-14(17)11-8-7-10-13(15)16/h7-8,10-11H,2-6,9,12H2,1H3,(H,15,16)/b10-7+,11-8+. The van der Waals surface area contributed by atoms with Crippen LogP contribution in [0.1, 0.15) is 45.4 Å². The molecule has 0 radical (unpaired) electrons. The van der Waals surface area contributed by atoms with Crippen molar-refractivity contribution in [3.05, 3.63) is 24.3 Å². The van der Waals surface area contributed by atoms with Crippen molar-refractivity contribution in [2.45, 2.75) is 45.4 Å². The highest BCUT2D eigenvalue weighted by atomic mass is 16.5. The number of unbranched alkanes of at least 4 members (excludes halogenated alkanes) is 5. The van der Waals surface area contributed by atoms with Gasteiger partial charge in [0.1, 0.15) is 0 Å². The van der Waals surface area contributed by atoms with Gasteiger partial charge in [-0.3, -0.25) is 0 Å². The maximum Gasteiger partial charge on any atom is 0.330 e. The predicted molar refractivity (Wildman–Crippen MR) is 70.3 cm³/mol. The summed E-state index contributed by atoms with van der Waals surface area (Å²) in [6.07, 6.45) is 11.7. The topological polar surface area (TPSA) is 63.6 Å². The van der Waals surface area contributed by atoms with E-state index in [4.69, 9.17) is 9.84 Å². The average molecular weight is 254 g/mol. The Kier molecular flexibility index (Phi) is 10.8. The van der Waals surface area contributed by atoms with Gasteiger partial charge in [-0.1, -0.05) is 51.2 Å². The van der Waals surface area contributed by atoms with Crippen LogP contribution in [0.15, 0.2) is 24.3 Å². The number of hydrogen-bond acceptors (Lipinski definition) is 3. The van der Waals surface area contributed by atoms with Crippen molar-refractivity contribution in [3.8, 4) is 0 Å². The van der Waals surface area contributed by atoms with Crippen LogP contribution in [-0.2, 0) is 14.3 Å². The van der Waals surface area contributed by atoms with Crippen LogP contribution in [-0.4, -0.2) is 23.7 Å². The number of carboxylic acid groups (broad SMARTS) is 1. The van der Waals surface area contributed by atoms with Crippen molar-refractivity contribution in [3.63, 3.8) is 0 Å². The SMILES string of the molecule is CCCCCCCCOC(=O)/C=C/C=C/C(=O)O. The third-order valence-corrected chi connectivity index (χ3v) is 2.32. The van der Waals surface area contributed by atoms with Crippen LogP contribution in [0.5, 0.6) is 0 Å². The van der Waals surface area contributed by atoms with Gasteiger partial charge in [-0.25, -0.2) is 9.59 Å². The lowest BCUT2D eigenvalue weighted by molar-refractivity contribution is -0.138. The molecule has 0 aliphatic heterocycles. The van der Waals surface area contributed by atoms with Gasteiger partial charge in [-0.05, 0) is 6.42 Å². The first kappa shape index (κ1) is 16.4. The molecule has 0 atom stereocenters. The summed E-state index contributed by atoms with van der Waals surface area (Å²) >= 11 is 0. The Labute approximate surface area is 108 Å². The molecule has 0 saturated carbocycles. The average Bonchev–Trinajstić information content (AvgIpc) is 2.33. The molecule has 1 N–H and O–H groups in total. The molecule has 0 saturated heterocycles. The number of carbonyl (C=O) groups is 2. The molecule has 0 aliphatic rings. The van der Waals surface area contributed by atoms with E-state index in [9.17, 15) is 9.59 Å². The van der Waals surface area contributed by atoms with Crippen molar-refractivity contribution in [1.29, 1.82) is 0 Å². The molecule has 4 heteroatoms. The van der Waals surface area contributed by atoms with Gasteiger partial charge in [0, 0.05) is 12.2 Å². The van der Waals surface area contributed by atoms with Crippen LogP contribution in [0.2, 0.25) is 0 Å². The van der Waals surface area contributed by atoms with Gasteiger partial charge >= 0.3 is 11.9 Å². The highest BCUT2D eigenvalue weighted by Crippen LogP contribution is 2.04. The van der Waals surface area contributed by atoms with E-state index in [2.05, 4.69) is 6.92 Å². The Morgan fingerprint density at radius 3 is 2.28 bits per heavy atom. The fourth-order valence-corrected chi connectivity index (χ4v) is 1.38. The molecule has 0 aliphatic carbocycles. The number of aliphatic carboxylic acids is 1. The molecular formula is C14H22O4. The van der Waals surface area contributed by atoms with Gasteiger partial charge in [-0.2, -0.15) is 0 Å². The zero-order valence-corrected chi connectivity index (χ0v) is 10.9. The Bertz CT molecular complexity index is 292. The van der Waals surface area contributed by atoms with Crippen LogP contribution < -0.4 is 0 Å². The minimum Gasteiger partial charge on any atom is -0.478 e. The van der Waals surface area contributed by atoms with E-state index in [0.717, 1.165) is 18.9 Å². The minimum atomic E-state index is -1.04. The Hall–Kier alpha value is -1.58.